The summed E-state index contributed by atoms with van der Waals surface area (Å²) in [5, 5.41) is 0.220. The van der Waals surface area contributed by atoms with E-state index < -0.39 is 15.8 Å². The Balaban J connectivity index is 1.75. The van der Waals surface area contributed by atoms with E-state index in [1.54, 1.807) is 17.0 Å². The number of hydrogen-bond donors (Lipinski definition) is 0. The van der Waals surface area contributed by atoms with Gasteiger partial charge in [-0.15, -0.1) is 0 Å². The average molecular weight is 425 g/mol. The number of carbonyl (C=O) groups is 2. The van der Waals surface area contributed by atoms with Crippen molar-refractivity contribution in [2.45, 2.75) is 23.8 Å². The molecule has 1 aromatic heterocycles. The quantitative estimate of drug-likeness (QED) is 0.704. The Morgan fingerprint density at radius 3 is 2.46 bits per heavy atom. The fraction of sp³-hybridized carbons (Fsp3) is 0.368. The van der Waals surface area contributed by atoms with Crippen LogP contribution in [0.15, 0.2) is 41.4 Å². The van der Waals surface area contributed by atoms with Gasteiger partial charge in [-0.05, 0) is 43.2 Å². The summed E-state index contributed by atoms with van der Waals surface area (Å²) in [6.45, 7) is 0.948. The summed E-state index contributed by atoms with van der Waals surface area (Å²) in [6, 6.07) is 7.72. The van der Waals surface area contributed by atoms with Gasteiger partial charge in [0.1, 0.15) is 5.69 Å². The second-order valence-corrected chi connectivity index (χ2v) is 9.15. The number of nitrogens with zero attached hydrogens (tertiary/aromatic N) is 2. The number of hydrogen-bond acceptors (Lipinski definition) is 5. The van der Waals surface area contributed by atoms with Crippen LogP contribution in [0.3, 0.4) is 0 Å². The highest BCUT2D eigenvalue weighted by molar-refractivity contribution is 7.90. The molecule has 2 heterocycles. The largest absolute Gasteiger partial charge is 0.464 e. The third-order valence-electron chi connectivity index (χ3n) is 4.91. The van der Waals surface area contributed by atoms with Crippen LogP contribution < -0.4 is 0 Å². The summed E-state index contributed by atoms with van der Waals surface area (Å²) in [6.07, 6.45) is 4.24. The van der Waals surface area contributed by atoms with E-state index in [1.807, 2.05) is 10.8 Å². The molecule has 1 saturated heterocycles. The van der Waals surface area contributed by atoms with Crippen LogP contribution in [0, 0.1) is 0 Å². The van der Waals surface area contributed by atoms with Crippen molar-refractivity contribution in [3.8, 4) is 0 Å². The molecule has 0 aliphatic carbocycles. The number of aromatic nitrogens is 1. The number of sulfone groups is 1. The zero-order chi connectivity index (χ0) is 20.5. The normalized spacial score (nSPS) is 15.5. The minimum atomic E-state index is -3.44. The average Bonchev–Trinajstić information content (AvgIpc) is 3.16. The van der Waals surface area contributed by atoms with Crippen LogP contribution in [-0.4, -0.2) is 56.2 Å². The van der Waals surface area contributed by atoms with Gasteiger partial charge in [-0.1, -0.05) is 11.6 Å². The molecule has 0 spiro atoms. The molecule has 2 aromatic rings. The summed E-state index contributed by atoms with van der Waals surface area (Å²) in [5.74, 6) is -0.692. The van der Waals surface area contributed by atoms with E-state index in [4.69, 9.17) is 16.3 Å². The van der Waals surface area contributed by atoms with Crippen molar-refractivity contribution in [3.63, 3.8) is 0 Å². The lowest BCUT2D eigenvalue weighted by atomic mass is 10.0. The van der Waals surface area contributed by atoms with Gasteiger partial charge in [0.25, 0.3) is 5.91 Å². The first kappa shape index (κ1) is 20.4. The molecular formula is C19H21ClN2O5S. The third kappa shape index (κ3) is 4.07. The first-order chi connectivity index (χ1) is 13.2. The van der Waals surface area contributed by atoms with E-state index in [0.717, 1.165) is 6.26 Å². The molecule has 0 bridgehead atoms. The van der Waals surface area contributed by atoms with Gasteiger partial charge < -0.3 is 14.2 Å². The monoisotopic (exact) mass is 424 g/mol. The number of methoxy groups -OCH3 is 1. The molecule has 1 aliphatic heterocycles. The highest BCUT2D eigenvalue weighted by atomic mass is 35.5. The van der Waals surface area contributed by atoms with Gasteiger partial charge in [0.15, 0.2) is 9.84 Å². The molecule has 1 amide bonds. The maximum atomic E-state index is 12.9. The van der Waals surface area contributed by atoms with Crippen LogP contribution in [0.2, 0.25) is 5.02 Å². The van der Waals surface area contributed by atoms with Crippen molar-refractivity contribution in [2.75, 3.05) is 26.5 Å². The maximum Gasteiger partial charge on any atom is 0.354 e. The number of carbonyl (C=O) groups excluding carboxylic acids is 2. The smallest absolute Gasteiger partial charge is 0.354 e. The van der Waals surface area contributed by atoms with Gasteiger partial charge >= 0.3 is 5.97 Å². The Kier molecular flexibility index (Phi) is 5.81. The molecule has 1 aliphatic rings. The van der Waals surface area contributed by atoms with Crippen LogP contribution in [0.25, 0.3) is 0 Å². The number of benzene rings is 1. The maximum absolute atomic E-state index is 12.9. The SMILES string of the molecule is COC(=O)c1cccn1C1CCN(C(=O)c2cc(S(C)(=O)=O)ccc2Cl)CC1. The second kappa shape index (κ2) is 7.97. The number of halogens is 1. The summed E-state index contributed by atoms with van der Waals surface area (Å²) >= 11 is 6.14. The lowest BCUT2D eigenvalue weighted by Crippen LogP contribution is -2.39. The zero-order valence-electron chi connectivity index (χ0n) is 15.6. The molecule has 3 rings (SSSR count). The molecule has 0 unspecified atom stereocenters. The summed E-state index contributed by atoms with van der Waals surface area (Å²) in [7, 11) is -2.09. The highest BCUT2D eigenvalue weighted by Gasteiger charge is 2.28. The van der Waals surface area contributed by atoms with Crippen LogP contribution in [0.5, 0.6) is 0 Å². The number of rotatable bonds is 4. The molecule has 9 heteroatoms. The standard InChI is InChI=1S/C19H21ClN2O5S/c1-27-19(24)17-4-3-9-22(17)13-7-10-21(11-8-13)18(23)15-12-14(28(2,25)26)5-6-16(15)20/h3-6,9,12-13H,7-8,10-11H2,1-2H3. The van der Waals surface area contributed by atoms with Crippen molar-refractivity contribution >= 4 is 33.3 Å². The van der Waals surface area contributed by atoms with Crippen molar-refractivity contribution < 1.29 is 22.7 Å². The van der Waals surface area contributed by atoms with E-state index in [-0.39, 0.29) is 27.4 Å². The molecular weight excluding hydrogens is 404 g/mol. The van der Waals surface area contributed by atoms with Crippen LogP contribution in [0.4, 0.5) is 0 Å². The second-order valence-electron chi connectivity index (χ2n) is 6.73. The van der Waals surface area contributed by atoms with Crippen molar-refractivity contribution in [2.24, 2.45) is 0 Å². The van der Waals surface area contributed by atoms with Crippen LogP contribution >= 0.6 is 11.6 Å². The van der Waals surface area contributed by atoms with Gasteiger partial charge in [0.05, 0.1) is 22.6 Å². The van der Waals surface area contributed by atoms with Gasteiger partial charge in [-0.25, -0.2) is 13.2 Å². The Morgan fingerprint density at radius 1 is 1.18 bits per heavy atom. The molecule has 0 radical (unpaired) electrons. The fourth-order valence-electron chi connectivity index (χ4n) is 3.41. The minimum Gasteiger partial charge on any atom is -0.464 e. The predicted octanol–water partition coefficient (Wildman–Crippen LogP) is 2.81. The van der Waals surface area contributed by atoms with Crippen molar-refractivity contribution in [1.29, 1.82) is 0 Å². The Bertz CT molecular complexity index is 1010. The summed E-state index contributed by atoms with van der Waals surface area (Å²) in [5.41, 5.74) is 0.662. The first-order valence-corrected chi connectivity index (χ1v) is 11.0. The summed E-state index contributed by atoms with van der Waals surface area (Å²) < 4.78 is 30.2. The molecule has 0 atom stereocenters. The van der Waals surface area contributed by atoms with E-state index in [9.17, 15) is 18.0 Å². The van der Waals surface area contributed by atoms with Gasteiger partial charge in [0, 0.05) is 31.6 Å². The number of piperidine rings is 1. The number of esters is 1. The van der Waals surface area contributed by atoms with E-state index in [1.165, 1.54) is 25.3 Å². The zero-order valence-corrected chi connectivity index (χ0v) is 17.2. The lowest BCUT2D eigenvalue weighted by Gasteiger charge is -2.33. The lowest BCUT2D eigenvalue weighted by molar-refractivity contribution is 0.0573. The van der Waals surface area contributed by atoms with E-state index >= 15 is 0 Å². The van der Waals surface area contributed by atoms with E-state index in [0.29, 0.717) is 31.6 Å². The molecule has 7 nitrogen and oxygen atoms in total. The molecule has 1 aromatic carbocycles. The Labute approximate surface area is 168 Å². The van der Waals surface area contributed by atoms with Gasteiger partial charge in [-0.2, -0.15) is 0 Å². The number of ether oxygens (including phenoxy) is 1. The molecule has 0 saturated carbocycles. The summed E-state index contributed by atoms with van der Waals surface area (Å²) in [4.78, 5) is 26.5. The third-order valence-corrected chi connectivity index (χ3v) is 6.35. The highest BCUT2D eigenvalue weighted by Crippen LogP contribution is 2.28. The van der Waals surface area contributed by atoms with Crippen molar-refractivity contribution in [3.05, 3.63) is 52.8 Å². The predicted molar refractivity (Wildman–Crippen MR) is 105 cm³/mol. The Morgan fingerprint density at radius 2 is 1.86 bits per heavy atom. The molecule has 28 heavy (non-hydrogen) atoms. The van der Waals surface area contributed by atoms with Crippen LogP contribution in [-0.2, 0) is 14.6 Å². The molecule has 0 N–H and O–H groups in total. The fourth-order valence-corrected chi connectivity index (χ4v) is 4.25. The first-order valence-electron chi connectivity index (χ1n) is 8.76. The van der Waals surface area contributed by atoms with E-state index in [2.05, 4.69) is 0 Å². The molecule has 150 valence electrons. The Hall–Kier alpha value is -2.32. The van der Waals surface area contributed by atoms with Gasteiger partial charge in [-0.3, -0.25) is 4.79 Å². The van der Waals surface area contributed by atoms with Crippen molar-refractivity contribution in [1.82, 2.24) is 9.47 Å². The van der Waals surface area contributed by atoms with Crippen LogP contribution in [0.1, 0.15) is 39.7 Å². The molecule has 1 fully saturated rings. The number of amides is 1. The minimum absolute atomic E-state index is 0.0604. The topological polar surface area (TPSA) is 85.7 Å². The van der Waals surface area contributed by atoms with Gasteiger partial charge in [0.2, 0.25) is 0 Å². The number of likely N-dealkylation sites (tertiary alicyclic amines) is 1.